The Balaban J connectivity index is 1.73. The summed E-state index contributed by atoms with van der Waals surface area (Å²) in [6.45, 7) is 8.88. The predicted molar refractivity (Wildman–Crippen MR) is 143 cm³/mol. The van der Waals surface area contributed by atoms with Crippen molar-refractivity contribution in [1.82, 2.24) is 25.1 Å². The number of fused-ring (bicyclic) bond motifs is 1. The Hall–Kier alpha value is -2.87. The highest BCUT2D eigenvalue weighted by Gasteiger charge is 2.24. The van der Waals surface area contributed by atoms with E-state index in [1.807, 2.05) is 27.1 Å². The first-order valence-corrected chi connectivity index (χ1v) is 13.2. The number of benzene rings is 1. The van der Waals surface area contributed by atoms with Gasteiger partial charge < -0.3 is 19.9 Å². The van der Waals surface area contributed by atoms with Gasteiger partial charge in [-0.3, -0.25) is 4.79 Å². The Labute approximate surface area is 208 Å². The molecule has 3 heterocycles. The zero-order chi connectivity index (χ0) is 24.9. The van der Waals surface area contributed by atoms with Crippen LogP contribution in [-0.4, -0.2) is 52.5 Å². The van der Waals surface area contributed by atoms with Gasteiger partial charge in [0, 0.05) is 43.9 Å². The first-order chi connectivity index (χ1) is 17.0. The summed E-state index contributed by atoms with van der Waals surface area (Å²) in [7, 11) is 3.91. The first kappa shape index (κ1) is 25.2. The SMILES string of the molecule is CCCC(CCC)c1nn(C)c2nc(-c3ccc(N4CCC(NC)CC4)cc3OCC)[nH]c(=O)c12. The van der Waals surface area contributed by atoms with Gasteiger partial charge in [0.15, 0.2) is 5.65 Å². The Kier molecular flexibility index (Phi) is 8.11. The number of aromatic nitrogens is 4. The maximum absolute atomic E-state index is 13.4. The quantitative estimate of drug-likeness (QED) is 0.441. The molecule has 1 aliphatic heterocycles. The van der Waals surface area contributed by atoms with E-state index in [1.165, 1.54) is 0 Å². The van der Waals surface area contributed by atoms with Gasteiger partial charge in [-0.05, 0) is 51.8 Å². The molecule has 2 aromatic heterocycles. The normalized spacial score (nSPS) is 14.9. The van der Waals surface area contributed by atoms with Crippen molar-refractivity contribution < 1.29 is 4.74 Å². The van der Waals surface area contributed by atoms with Crippen LogP contribution in [0, 0.1) is 0 Å². The molecule has 0 radical (unpaired) electrons. The molecular formula is C27H40N6O2. The van der Waals surface area contributed by atoms with Crippen LogP contribution in [0.5, 0.6) is 5.75 Å². The summed E-state index contributed by atoms with van der Waals surface area (Å²) in [5, 5.41) is 8.76. The molecule has 8 heteroatoms. The van der Waals surface area contributed by atoms with Gasteiger partial charge in [-0.1, -0.05) is 26.7 Å². The van der Waals surface area contributed by atoms with Gasteiger partial charge in [0.1, 0.15) is 17.0 Å². The average molecular weight is 481 g/mol. The van der Waals surface area contributed by atoms with Gasteiger partial charge >= 0.3 is 0 Å². The molecule has 0 amide bonds. The third-order valence-electron chi connectivity index (χ3n) is 7.17. The maximum Gasteiger partial charge on any atom is 0.262 e. The van der Waals surface area contributed by atoms with Crippen LogP contribution < -0.4 is 20.5 Å². The zero-order valence-corrected chi connectivity index (χ0v) is 21.9. The minimum atomic E-state index is -0.133. The van der Waals surface area contributed by atoms with Crippen molar-refractivity contribution in [3.8, 4) is 17.1 Å². The van der Waals surface area contributed by atoms with E-state index in [0.717, 1.165) is 74.3 Å². The lowest BCUT2D eigenvalue weighted by atomic mass is 9.93. The molecule has 0 spiro atoms. The van der Waals surface area contributed by atoms with Gasteiger partial charge in [0.2, 0.25) is 0 Å². The van der Waals surface area contributed by atoms with Crippen molar-refractivity contribution >= 4 is 16.7 Å². The number of piperidine rings is 1. The molecule has 1 aromatic carbocycles. The minimum Gasteiger partial charge on any atom is -0.493 e. The third kappa shape index (κ3) is 5.22. The molecule has 1 aliphatic rings. The molecule has 2 N–H and O–H groups in total. The van der Waals surface area contributed by atoms with Gasteiger partial charge in [-0.15, -0.1) is 0 Å². The Bertz CT molecular complexity index is 1190. The van der Waals surface area contributed by atoms with E-state index < -0.39 is 0 Å². The zero-order valence-electron chi connectivity index (χ0n) is 21.9. The summed E-state index contributed by atoms with van der Waals surface area (Å²) < 4.78 is 7.78. The summed E-state index contributed by atoms with van der Waals surface area (Å²) in [4.78, 5) is 23.7. The lowest BCUT2D eigenvalue weighted by Crippen LogP contribution is -2.41. The van der Waals surface area contributed by atoms with Gasteiger partial charge in [-0.2, -0.15) is 5.10 Å². The summed E-state index contributed by atoms with van der Waals surface area (Å²) in [6, 6.07) is 6.78. The summed E-state index contributed by atoms with van der Waals surface area (Å²) >= 11 is 0. The molecule has 0 aliphatic carbocycles. The molecule has 35 heavy (non-hydrogen) atoms. The van der Waals surface area contributed by atoms with Crippen molar-refractivity contribution in [2.24, 2.45) is 7.05 Å². The monoisotopic (exact) mass is 480 g/mol. The fourth-order valence-corrected chi connectivity index (χ4v) is 5.32. The fraction of sp³-hybridized carbons (Fsp3) is 0.593. The molecule has 0 bridgehead atoms. The number of hydrogen-bond acceptors (Lipinski definition) is 6. The molecule has 4 rings (SSSR count). The molecule has 1 saturated heterocycles. The summed E-state index contributed by atoms with van der Waals surface area (Å²) in [5.74, 6) is 1.52. The highest BCUT2D eigenvalue weighted by Crippen LogP contribution is 2.34. The topological polar surface area (TPSA) is 88.1 Å². The van der Waals surface area contributed by atoms with Crippen LogP contribution in [0.2, 0.25) is 0 Å². The van der Waals surface area contributed by atoms with E-state index in [-0.39, 0.29) is 11.5 Å². The Morgan fingerprint density at radius 3 is 2.51 bits per heavy atom. The molecule has 0 unspecified atom stereocenters. The maximum atomic E-state index is 13.4. The second kappa shape index (κ2) is 11.2. The Morgan fingerprint density at radius 2 is 1.89 bits per heavy atom. The third-order valence-corrected chi connectivity index (χ3v) is 7.17. The van der Waals surface area contributed by atoms with Crippen molar-refractivity contribution in [2.45, 2.75) is 71.3 Å². The number of aromatic amines is 1. The van der Waals surface area contributed by atoms with E-state index in [0.29, 0.717) is 29.5 Å². The standard InChI is InChI=1S/C27H40N6O2/c1-6-9-18(10-7-2)24-23-26(32(5)31-24)29-25(30-27(23)34)21-12-11-20(17-22(21)35-8-3)33-15-13-19(28-4)14-16-33/h11-12,17-19,28H,6-10,13-16H2,1-5H3,(H,29,30,34). The summed E-state index contributed by atoms with van der Waals surface area (Å²) in [6.07, 6.45) is 6.39. The van der Waals surface area contributed by atoms with E-state index in [1.54, 1.807) is 4.68 Å². The second-order valence-corrected chi connectivity index (χ2v) is 9.56. The number of hydrogen-bond donors (Lipinski definition) is 2. The van der Waals surface area contributed by atoms with Crippen molar-refractivity contribution in [2.75, 3.05) is 31.6 Å². The molecule has 0 saturated carbocycles. The molecule has 1 fully saturated rings. The Morgan fingerprint density at radius 1 is 1.17 bits per heavy atom. The van der Waals surface area contributed by atoms with Crippen LogP contribution in [0.1, 0.15) is 70.9 Å². The van der Waals surface area contributed by atoms with Crippen LogP contribution in [0.4, 0.5) is 5.69 Å². The largest absolute Gasteiger partial charge is 0.493 e. The van der Waals surface area contributed by atoms with Crippen LogP contribution >= 0.6 is 0 Å². The van der Waals surface area contributed by atoms with Crippen molar-refractivity contribution in [3.63, 3.8) is 0 Å². The molecule has 190 valence electrons. The highest BCUT2D eigenvalue weighted by atomic mass is 16.5. The van der Waals surface area contributed by atoms with Crippen LogP contribution in [0.25, 0.3) is 22.4 Å². The van der Waals surface area contributed by atoms with Crippen LogP contribution in [0.15, 0.2) is 23.0 Å². The molecule has 3 aromatic rings. The number of H-pyrrole nitrogens is 1. The van der Waals surface area contributed by atoms with Crippen LogP contribution in [-0.2, 0) is 7.05 Å². The number of nitrogens with one attached hydrogen (secondary N) is 2. The number of rotatable bonds is 10. The van der Waals surface area contributed by atoms with Crippen molar-refractivity contribution in [3.05, 3.63) is 34.2 Å². The lowest BCUT2D eigenvalue weighted by Gasteiger charge is -2.33. The lowest BCUT2D eigenvalue weighted by molar-refractivity contribution is 0.341. The number of nitrogens with zero attached hydrogens (tertiary/aromatic N) is 4. The highest BCUT2D eigenvalue weighted by molar-refractivity contribution is 5.81. The van der Waals surface area contributed by atoms with Crippen molar-refractivity contribution in [1.29, 1.82) is 0 Å². The molecule has 8 nitrogen and oxygen atoms in total. The number of ether oxygens (including phenoxy) is 1. The minimum absolute atomic E-state index is 0.133. The van der Waals surface area contributed by atoms with Crippen LogP contribution in [0.3, 0.4) is 0 Å². The van der Waals surface area contributed by atoms with E-state index >= 15 is 0 Å². The smallest absolute Gasteiger partial charge is 0.262 e. The second-order valence-electron chi connectivity index (χ2n) is 9.56. The van der Waals surface area contributed by atoms with Gasteiger partial charge in [-0.25, -0.2) is 9.67 Å². The van der Waals surface area contributed by atoms with E-state index in [9.17, 15) is 4.79 Å². The fourth-order valence-electron chi connectivity index (χ4n) is 5.32. The van der Waals surface area contributed by atoms with E-state index in [4.69, 9.17) is 14.8 Å². The molecule has 0 atom stereocenters. The first-order valence-electron chi connectivity index (χ1n) is 13.2. The van der Waals surface area contributed by atoms with E-state index in [2.05, 4.69) is 41.2 Å². The van der Waals surface area contributed by atoms with Gasteiger partial charge in [0.05, 0.1) is 17.9 Å². The predicted octanol–water partition coefficient (Wildman–Crippen LogP) is 4.59. The summed E-state index contributed by atoms with van der Waals surface area (Å²) in [5.41, 5.74) is 3.29. The average Bonchev–Trinajstić information content (AvgIpc) is 3.21. The van der Waals surface area contributed by atoms with Gasteiger partial charge in [0.25, 0.3) is 5.56 Å². The number of anilines is 1. The molecular weight excluding hydrogens is 440 g/mol. The number of aryl methyl sites for hydroxylation is 1.